The average molecular weight is 444 g/mol. The summed E-state index contributed by atoms with van der Waals surface area (Å²) in [7, 11) is 0. The second kappa shape index (κ2) is 11.9. The van der Waals surface area contributed by atoms with Gasteiger partial charge in [-0.3, -0.25) is 25.8 Å². The molecule has 2 amide bonds. The van der Waals surface area contributed by atoms with E-state index in [0.717, 1.165) is 0 Å². The monoisotopic (exact) mass is 443 g/mol. The Morgan fingerprint density at radius 3 is 1.58 bits per heavy atom. The van der Waals surface area contributed by atoms with E-state index in [0.29, 0.717) is 47.7 Å². The number of rotatable bonds is 8. The highest BCUT2D eigenvalue weighted by Gasteiger charge is 2.10. The molecule has 0 saturated carbocycles. The smallest absolute Gasteiger partial charge is 0.269 e. The molecule has 0 fully saturated rings. The summed E-state index contributed by atoms with van der Waals surface area (Å²) in [6, 6.07) is 13.5. The molecule has 0 aromatic heterocycles. The Bertz CT molecular complexity index is 881. The molecule has 8 heteroatoms. The Labute approximate surface area is 188 Å². The summed E-state index contributed by atoms with van der Waals surface area (Å²) < 4.78 is 11.2. The maximum Gasteiger partial charge on any atom is 0.269 e. The predicted octanol–water partition coefficient (Wildman–Crippen LogP) is 3.71. The summed E-state index contributed by atoms with van der Waals surface area (Å²) in [6.07, 6.45) is 0. The van der Waals surface area contributed by atoms with Gasteiger partial charge in [0.05, 0.1) is 13.2 Å². The fourth-order valence-electron chi connectivity index (χ4n) is 2.32. The van der Waals surface area contributed by atoms with Crippen LogP contribution in [-0.2, 0) is 0 Å². The zero-order valence-electron chi connectivity index (χ0n) is 18.2. The van der Waals surface area contributed by atoms with Gasteiger partial charge in [0.25, 0.3) is 11.8 Å². The van der Waals surface area contributed by atoms with Crippen LogP contribution in [0.3, 0.4) is 0 Å². The first-order valence-corrected chi connectivity index (χ1v) is 10.5. The average Bonchev–Trinajstić information content (AvgIpc) is 2.75. The molecule has 2 aromatic carbocycles. The number of carbonyl (C=O) groups excluding carboxylic acids is 2. The number of hydrogen-bond donors (Lipinski definition) is 3. The van der Waals surface area contributed by atoms with Gasteiger partial charge >= 0.3 is 0 Å². The van der Waals surface area contributed by atoms with Crippen LogP contribution < -0.4 is 25.6 Å². The van der Waals surface area contributed by atoms with Crippen LogP contribution >= 0.6 is 12.2 Å². The first-order valence-electron chi connectivity index (χ1n) is 10.1. The van der Waals surface area contributed by atoms with Gasteiger partial charge in [-0.15, -0.1) is 0 Å². The molecule has 2 rings (SSSR count). The van der Waals surface area contributed by atoms with Gasteiger partial charge in [0.2, 0.25) is 0 Å². The van der Waals surface area contributed by atoms with Crippen molar-refractivity contribution in [2.75, 3.05) is 13.2 Å². The van der Waals surface area contributed by atoms with Crippen LogP contribution in [0.4, 0.5) is 0 Å². The van der Waals surface area contributed by atoms with Crippen LogP contribution in [0.15, 0.2) is 48.5 Å². The maximum atomic E-state index is 12.3. The largest absolute Gasteiger partial charge is 0.493 e. The molecule has 0 unspecified atom stereocenters. The number of amides is 2. The highest BCUT2D eigenvalue weighted by Crippen LogP contribution is 2.14. The van der Waals surface area contributed by atoms with E-state index in [1.807, 2.05) is 0 Å². The zero-order chi connectivity index (χ0) is 22.8. The van der Waals surface area contributed by atoms with Crippen molar-refractivity contribution in [3.05, 3.63) is 59.7 Å². The molecule has 0 saturated heterocycles. The van der Waals surface area contributed by atoms with Crippen LogP contribution in [0.5, 0.6) is 11.5 Å². The Morgan fingerprint density at radius 2 is 1.16 bits per heavy atom. The van der Waals surface area contributed by atoms with Crippen molar-refractivity contribution in [2.24, 2.45) is 11.8 Å². The molecule has 7 nitrogen and oxygen atoms in total. The molecule has 0 aliphatic carbocycles. The third-order valence-electron chi connectivity index (χ3n) is 3.92. The van der Waals surface area contributed by atoms with Crippen LogP contribution in [-0.4, -0.2) is 30.1 Å². The van der Waals surface area contributed by atoms with Crippen LogP contribution in [0.2, 0.25) is 0 Å². The van der Waals surface area contributed by atoms with E-state index in [1.165, 1.54) is 0 Å². The fourth-order valence-corrected chi connectivity index (χ4v) is 2.47. The number of nitrogens with one attached hydrogen (secondary N) is 3. The molecule has 0 aliphatic heterocycles. The highest BCUT2D eigenvalue weighted by atomic mass is 32.1. The first kappa shape index (κ1) is 24.1. The van der Waals surface area contributed by atoms with Crippen LogP contribution in [0.1, 0.15) is 48.4 Å². The van der Waals surface area contributed by atoms with Gasteiger partial charge in [0, 0.05) is 11.1 Å². The van der Waals surface area contributed by atoms with Crippen molar-refractivity contribution in [3.8, 4) is 11.5 Å². The number of hydrogen-bond acceptors (Lipinski definition) is 5. The minimum atomic E-state index is -0.395. The molecular weight excluding hydrogens is 414 g/mol. The fraction of sp³-hybridized carbons (Fsp3) is 0.348. The standard InChI is InChI=1S/C23H29N3O4S/c1-15(2)13-29-19-9-5-17(6-10-19)21(27)24-23(31)26-25-22(28)18-7-11-20(12-8-18)30-14-16(3)4/h5-12,15-16H,13-14H2,1-4H3,(H,25,28)(H2,24,26,27,31). The number of benzene rings is 2. The molecule has 0 atom stereocenters. The lowest BCUT2D eigenvalue weighted by Gasteiger charge is -2.12. The first-order chi connectivity index (χ1) is 14.7. The van der Waals surface area contributed by atoms with Crippen molar-refractivity contribution >= 4 is 29.1 Å². The van der Waals surface area contributed by atoms with Crippen molar-refractivity contribution in [1.82, 2.24) is 16.2 Å². The third-order valence-corrected chi connectivity index (χ3v) is 4.12. The zero-order valence-corrected chi connectivity index (χ0v) is 19.0. The maximum absolute atomic E-state index is 12.3. The molecule has 0 bridgehead atoms. The SMILES string of the molecule is CC(C)COc1ccc(C(=O)NNC(=S)NC(=O)c2ccc(OCC(C)C)cc2)cc1. The second-order valence-electron chi connectivity index (χ2n) is 7.82. The molecule has 0 heterocycles. The van der Waals surface area contributed by atoms with E-state index in [1.54, 1.807) is 48.5 Å². The summed E-state index contributed by atoms with van der Waals surface area (Å²) in [5, 5.41) is 2.50. The van der Waals surface area contributed by atoms with Gasteiger partial charge in [-0.25, -0.2) is 0 Å². The highest BCUT2D eigenvalue weighted by molar-refractivity contribution is 7.80. The minimum absolute atomic E-state index is 0.0182. The number of carbonyl (C=O) groups is 2. The predicted molar refractivity (Wildman–Crippen MR) is 124 cm³/mol. The molecule has 0 radical (unpaired) electrons. The summed E-state index contributed by atoms with van der Waals surface area (Å²) in [6.45, 7) is 9.46. The van der Waals surface area contributed by atoms with E-state index in [9.17, 15) is 9.59 Å². The molecule has 2 aromatic rings. The van der Waals surface area contributed by atoms with Crippen molar-refractivity contribution in [2.45, 2.75) is 27.7 Å². The van der Waals surface area contributed by atoms with E-state index in [2.05, 4.69) is 43.9 Å². The Kier molecular flexibility index (Phi) is 9.27. The van der Waals surface area contributed by atoms with E-state index >= 15 is 0 Å². The van der Waals surface area contributed by atoms with Gasteiger partial charge in [-0.05, 0) is 72.6 Å². The van der Waals surface area contributed by atoms with Crippen molar-refractivity contribution in [1.29, 1.82) is 0 Å². The third kappa shape index (κ3) is 8.64. The Balaban J connectivity index is 1.79. The second-order valence-corrected chi connectivity index (χ2v) is 8.23. The van der Waals surface area contributed by atoms with Crippen LogP contribution in [0.25, 0.3) is 0 Å². The lowest BCUT2D eigenvalue weighted by molar-refractivity contribution is 0.0934. The molecule has 3 N–H and O–H groups in total. The van der Waals surface area contributed by atoms with Gasteiger partial charge in [0.1, 0.15) is 11.5 Å². The van der Waals surface area contributed by atoms with E-state index < -0.39 is 11.8 Å². The van der Waals surface area contributed by atoms with E-state index in [-0.39, 0.29) is 5.11 Å². The molecule has 0 aliphatic rings. The number of ether oxygens (including phenoxy) is 2. The summed E-state index contributed by atoms with van der Waals surface area (Å²) in [5.74, 6) is 1.44. The lowest BCUT2D eigenvalue weighted by atomic mass is 10.2. The molecule has 0 spiro atoms. The number of thiocarbonyl (C=S) groups is 1. The topological polar surface area (TPSA) is 88.7 Å². The quantitative estimate of drug-likeness (QED) is 0.426. The van der Waals surface area contributed by atoms with Gasteiger partial charge in [-0.2, -0.15) is 0 Å². The van der Waals surface area contributed by atoms with Crippen molar-refractivity contribution in [3.63, 3.8) is 0 Å². The Hall–Kier alpha value is -3.13. The van der Waals surface area contributed by atoms with Gasteiger partial charge in [-0.1, -0.05) is 27.7 Å². The van der Waals surface area contributed by atoms with Gasteiger partial charge < -0.3 is 9.47 Å². The summed E-state index contributed by atoms with van der Waals surface area (Å²) >= 11 is 5.07. The summed E-state index contributed by atoms with van der Waals surface area (Å²) in [4.78, 5) is 24.5. The Morgan fingerprint density at radius 1 is 0.742 bits per heavy atom. The van der Waals surface area contributed by atoms with Crippen molar-refractivity contribution < 1.29 is 19.1 Å². The molecule has 31 heavy (non-hydrogen) atoms. The van der Waals surface area contributed by atoms with Gasteiger partial charge in [0.15, 0.2) is 5.11 Å². The molecular formula is C23H29N3O4S. The lowest BCUT2D eigenvalue weighted by Crippen LogP contribution is -2.48. The van der Waals surface area contributed by atoms with Crippen LogP contribution in [0, 0.1) is 11.8 Å². The molecule has 166 valence electrons. The normalized spacial score (nSPS) is 10.5. The van der Waals surface area contributed by atoms with E-state index in [4.69, 9.17) is 21.7 Å². The summed E-state index contributed by atoms with van der Waals surface area (Å²) in [5.41, 5.74) is 5.83. The minimum Gasteiger partial charge on any atom is -0.493 e. The number of hydrazine groups is 1.